The zero-order valence-corrected chi connectivity index (χ0v) is 20.8. The van der Waals surface area contributed by atoms with Crippen LogP contribution in [0.2, 0.25) is 0 Å². The van der Waals surface area contributed by atoms with Gasteiger partial charge in [-0.05, 0) is 62.4 Å². The van der Waals surface area contributed by atoms with E-state index < -0.39 is 34.9 Å². The Morgan fingerprint density at radius 2 is 2.03 bits per heavy atom. The molecule has 2 aliphatic rings. The molecule has 4 heterocycles. The van der Waals surface area contributed by atoms with Crippen LogP contribution in [0.1, 0.15) is 44.1 Å². The van der Waals surface area contributed by atoms with Gasteiger partial charge in [-0.3, -0.25) is 14.8 Å². The molecule has 2 fully saturated rings. The van der Waals surface area contributed by atoms with E-state index in [9.17, 15) is 33.1 Å². The van der Waals surface area contributed by atoms with E-state index in [1.807, 2.05) is 0 Å². The summed E-state index contributed by atoms with van der Waals surface area (Å²) < 4.78 is 49.4. The molecule has 4 N–H and O–H groups in total. The molecule has 0 amide bonds. The van der Waals surface area contributed by atoms with Crippen LogP contribution in [0.25, 0.3) is 10.9 Å². The number of pyridine rings is 1. The normalized spacial score (nSPS) is 25.7. The number of halogens is 3. The first-order valence-electron chi connectivity index (χ1n) is 12.6. The number of ether oxygens (including phenoxy) is 1. The minimum Gasteiger partial charge on any atom is -0.479 e. The van der Waals surface area contributed by atoms with Crippen molar-refractivity contribution >= 4 is 28.4 Å². The van der Waals surface area contributed by atoms with Gasteiger partial charge in [0.1, 0.15) is 10.9 Å². The third-order valence-electron chi connectivity index (χ3n) is 7.69. The monoisotopic (exact) mass is 544 g/mol. The first kappa shape index (κ1) is 26.7. The highest BCUT2D eigenvalue weighted by atomic mass is 19.4. The number of carbonyl (C=O) groups is 1. The van der Waals surface area contributed by atoms with Crippen LogP contribution in [0.15, 0.2) is 41.3 Å². The number of nitriles is 1. The Bertz CT molecular complexity index is 1460. The van der Waals surface area contributed by atoms with Crippen LogP contribution in [0.3, 0.4) is 0 Å². The predicted octanol–water partition coefficient (Wildman–Crippen LogP) is 3.87. The molecular formula is C26H27F3N6O4. The molecule has 0 radical (unpaired) electrons. The van der Waals surface area contributed by atoms with Crippen molar-refractivity contribution in [2.75, 3.05) is 18.5 Å². The van der Waals surface area contributed by atoms with E-state index in [1.54, 1.807) is 6.07 Å². The van der Waals surface area contributed by atoms with Crippen LogP contribution in [0.4, 0.5) is 24.7 Å². The van der Waals surface area contributed by atoms with E-state index in [1.165, 1.54) is 35.1 Å². The molecule has 13 heteroatoms. The molecule has 206 valence electrons. The number of nitrogens with zero attached hydrogens (tertiary/aromatic N) is 3. The lowest BCUT2D eigenvalue weighted by molar-refractivity contribution is -0.207. The summed E-state index contributed by atoms with van der Waals surface area (Å²) in [6.07, 6.45) is -2.56. The maximum Gasteiger partial charge on any atom is 0.410 e. The van der Waals surface area contributed by atoms with Crippen molar-refractivity contribution < 1.29 is 27.8 Å². The molecule has 0 saturated carbocycles. The molecule has 2 saturated heterocycles. The second-order valence-corrected chi connectivity index (χ2v) is 10.1. The average molecular weight is 545 g/mol. The number of anilines is 2. The smallest absolute Gasteiger partial charge is 0.410 e. The van der Waals surface area contributed by atoms with Crippen molar-refractivity contribution in [3.63, 3.8) is 0 Å². The number of alkyl halides is 3. The van der Waals surface area contributed by atoms with Gasteiger partial charge in [0.05, 0.1) is 30.2 Å². The number of nitrogens with one attached hydrogen (secondary N) is 3. The lowest BCUT2D eigenvalue weighted by Crippen LogP contribution is -2.56. The topological polar surface area (TPSA) is 145 Å². The molecule has 10 nitrogen and oxygen atoms in total. The van der Waals surface area contributed by atoms with Gasteiger partial charge in [-0.2, -0.15) is 23.5 Å². The lowest BCUT2D eigenvalue weighted by Gasteiger charge is -2.40. The number of carboxylic acid groups (broad SMARTS) is 1. The average Bonchev–Trinajstić information content (AvgIpc) is 3.29. The summed E-state index contributed by atoms with van der Waals surface area (Å²) in [6.45, 7) is 0.175. The molecule has 0 bridgehead atoms. The van der Waals surface area contributed by atoms with E-state index >= 15 is 0 Å². The van der Waals surface area contributed by atoms with E-state index in [0.717, 1.165) is 0 Å². The Balaban J connectivity index is 1.51. The number of rotatable bonds is 6. The van der Waals surface area contributed by atoms with E-state index in [-0.39, 0.29) is 55.6 Å². The van der Waals surface area contributed by atoms with Crippen LogP contribution in [-0.2, 0) is 20.6 Å². The standard InChI is InChI=1S/C26H27F3N6O4/c27-26(28,29)25(9-1-2-13-32-25)16-3-5-17(6-4-16)33-21-20-18(8-14-31-22(20)36)35(34-21)24(11-12-30)10-7-19(23(37)38)39-15-24/h3-6,8,14,19,32H,1-2,7,9-11,13,15H2,(H,31,36)(H,33,34)(H,37,38). The Labute approximate surface area is 220 Å². The maximum absolute atomic E-state index is 14.1. The van der Waals surface area contributed by atoms with Crippen molar-refractivity contribution in [3.05, 3.63) is 52.4 Å². The number of piperidine rings is 1. The van der Waals surface area contributed by atoms with Crippen LogP contribution >= 0.6 is 0 Å². The summed E-state index contributed by atoms with van der Waals surface area (Å²) in [5.74, 6) is -0.942. The van der Waals surface area contributed by atoms with Gasteiger partial charge >= 0.3 is 12.1 Å². The molecule has 1 aromatic carbocycles. The van der Waals surface area contributed by atoms with E-state index in [0.29, 0.717) is 24.0 Å². The van der Waals surface area contributed by atoms with Crippen LogP contribution in [0, 0.1) is 11.3 Å². The van der Waals surface area contributed by atoms with Crippen molar-refractivity contribution in [3.8, 4) is 6.07 Å². The number of hydrogen-bond donors (Lipinski definition) is 4. The number of aromatic amines is 1. The van der Waals surface area contributed by atoms with Gasteiger partial charge in [0.15, 0.2) is 11.9 Å². The van der Waals surface area contributed by atoms with Gasteiger partial charge in [0, 0.05) is 11.9 Å². The predicted molar refractivity (Wildman–Crippen MR) is 134 cm³/mol. The Morgan fingerprint density at radius 3 is 2.62 bits per heavy atom. The van der Waals surface area contributed by atoms with Crippen LogP contribution in [0.5, 0.6) is 0 Å². The number of carboxylic acids is 1. The third-order valence-corrected chi connectivity index (χ3v) is 7.69. The van der Waals surface area contributed by atoms with Gasteiger partial charge in [-0.25, -0.2) is 4.79 Å². The highest BCUT2D eigenvalue weighted by molar-refractivity contribution is 5.91. The highest BCUT2D eigenvalue weighted by Gasteiger charge is 2.56. The quantitative estimate of drug-likeness (QED) is 0.366. The SMILES string of the molecule is N#CCC1(n2nc(Nc3ccc(C4(C(F)(F)F)CCCCN4)cc3)c3c(=O)[nH]ccc32)CCC(C(=O)O)OC1. The molecular weight excluding hydrogens is 517 g/mol. The van der Waals surface area contributed by atoms with Crippen LogP contribution < -0.4 is 16.2 Å². The molecule has 2 aromatic heterocycles. The first-order valence-corrected chi connectivity index (χ1v) is 12.6. The van der Waals surface area contributed by atoms with E-state index in [2.05, 4.69) is 26.8 Å². The molecule has 0 aliphatic carbocycles. The maximum atomic E-state index is 14.1. The molecule has 2 aliphatic heterocycles. The lowest BCUT2D eigenvalue weighted by atomic mass is 9.81. The van der Waals surface area contributed by atoms with Crippen molar-refractivity contribution in [1.82, 2.24) is 20.1 Å². The minimum absolute atomic E-state index is 0.0381. The van der Waals surface area contributed by atoms with Crippen molar-refractivity contribution in [1.29, 1.82) is 5.26 Å². The molecule has 0 spiro atoms. The number of H-pyrrole nitrogens is 1. The third kappa shape index (κ3) is 4.63. The largest absolute Gasteiger partial charge is 0.479 e. The Kier molecular flexibility index (Phi) is 6.86. The zero-order chi connectivity index (χ0) is 27.8. The van der Waals surface area contributed by atoms with Gasteiger partial charge < -0.3 is 20.1 Å². The number of aliphatic carboxylic acids is 1. The summed E-state index contributed by atoms with van der Waals surface area (Å²) >= 11 is 0. The minimum atomic E-state index is -4.47. The van der Waals surface area contributed by atoms with E-state index in [4.69, 9.17) is 4.74 Å². The first-order chi connectivity index (χ1) is 18.6. The number of aromatic nitrogens is 3. The van der Waals surface area contributed by atoms with Gasteiger partial charge in [-0.15, -0.1) is 0 Å². The van der Waals surface area contributed by atoms with Gasteiger partial charge in [0.25, 0.3) is 5.56 Å². The summed E-state index contributed by atoms with van der Waals surface area (Å²) in [4.78, 5) is 26.8. The summed E-state index contributed by atoms with van der Waals surface area (Å²) in [7, 11) is 0. The fraction of sp³-hybridized carbons (Fsp3) is 0.462. The summed E-state index contributed by atoms with van der Waals surface area (Å²) in [6, 6.07) is 9.59. The molecule has 3 atom stereocenters. The Morgan fingerprint density at radius 1 is 1.26 bits per heavy atom. The fourth-order valence-corrected chi connectivity index (χ4v) is 5.59. The summed E-state index contributed by atoms with van der Waals surface area (Å²) in [5, 5.41) is 29.4. The summed E-state index contributed by atoms with van der Waals surface area (Å²) in [5.41, 5.74) is -2.65. The van der Waals surface area contributed by atoms with Crippen molar-refractivity contribution in [2.24, 2.45) is 0 Å². The fourth-order valence-electron chi connectivity index (χ4n) is 5.59. The van der Waals surface area contributed by atoms with Crippen LogP contribution in [-0.4, -0.2) is 51.3 Å². The molecule has 3 unspecified atom stereocenters. The van der Waals surface area contributed by atoms with Crippen molar-refractivity contribution in [2.45, 2.75) is 61.9 Å². The molecule has 5 rings (SSSR count). The van der Waals surface area contributed by atoms with Gasteiger partial charge in [0.2, 0.25) is 0 Å². The van der Waals surface area contributed by atoms with Gasteiger partial charge in [-0.1, -0.05) is 12.1 Å². The molecule has 3 aromatic rings. The zero-order valence-electron chi connectivity index (χ0n) is 20.8. The Hall–Kier alpha value is -3.89. The second kappa shape index (κ2) is 10.0. The number of benzene rings is 1. The number of fused-ring (bicyclic) bond motifs is 1. The number of hydrogen-bond acceptors (Lipinski definition) is 7. The molecule has 39 heavy (non-hydrogen) atoms. The highest BCUT2D eigenvalue weighted by Crippen LogP contribution is 2.45. The second-order valence-electron chi connectivity index (χ2n) is 10.1.